The van der Waals surface area contributed by atoms with Crippen molar-refractivity contribution in [1.29, 1.82) is 0 Å². The Morgan fingerprint density at radius 3 is 3.06 bits per heavy atom. The monoisotopic (exact) mass is 254 g/mol. The number of carbonyl (C=O) groups excluding carboxylic acids is 1. The lowest BCUT2D eigenvalue weighted by molar-refractivity contribution is 0.0565. The number of nitrogen functional groups attached to an aromatic ring is 1. The van der Waals surface area contributed by atoms with E-state index in [1.165, 1.54) is 11.3 Å². The van der Waals surface area contributed by atoms with E-state index in [9.17, 15) is 4.79 Å². The number of thiophene rings is 1. The molecule has 1 aromatic heterocycles. The van der Waals surface area contributed by atoms with Crippen LogP contribution in [0.2, 0.25) is 0 Å². The molecule has 1 aliphatic rings. The van der Waals surface area contributed by atoms with Gasteiger partial charge in [0, 0.05) is 30.3 Å². The van der Waals surface area contributed by atoms with E-state index >= 15 is 0 Å². The molecule has 5 heteroatoms. The maximum atomic E-state index is 12.3. The summed E-state index contributed by atoms with van der Waals surface area (Å²) in [5, 5.41) is 0. The molecule has 0 aromatic carbocycles. The van der Waals surface area contributed by atoms with Gasteiger partial charge < -0.3 is 15.4 Å². The minimum Gasteiger partial charge on any atom is -0.398 e. The Balaban J connectivity index is 2.13. The Morgan fingerprint density at radius 1 is 1.65 bits per heavy atom. The highest BCUT2D eigenvalue weighted by Crippen LogP contribution is 2.25. The molecular weight excluding hydrogens is 236 g/mol. The molecule has 1 saturated heterocycles. The molecular formula is C12H18N2O2S. The molecule has 2 rings (SSSR count). The first-order valence-electron chi connectivity index (χ1n) is 5.84. The Hall–Kier alpha value is -1.07. The van der Waals surface area contributed by atoms with Crippen LogP contribution in [0.1, 0.15) is 27.9 Å². The standard InChI is InChI=1S/C12H18N2O2S/c1-8-7-14(4-3-5-16-8)12(15)11-6-10(13)9(2)17-11/h6,8H,3-5,7,13H2,1-2H3. The number of anilines is 1. The van der Waals surface area contributed by atoms with Crippen molar-refractivity contribution in [2.45, 2.75) is 26.4 Å². The summed E-state index contributed by atoms with van der Waals surface area (Å²) in [5.74, 6) is 0.0761. The van der Waals surface area contributed by atoms with E-state index in [4.69, 9.17) is 10.5 Å². The van der Waals surface area contributed by atoms with Gasteiger partial charge in [-0.1, -0.05) is 0 Å². The van der Waals surface area contributed by atoms with Gasteiger partial charge in [-0.05, 0) is 26.3 Å². The lowest BCUT2D eigenvalue weighted by Gasteiger charge is -2.21. The zero-order chi connectivity index (χ0) is 12.4. The highest BCUT2D eigenvalue weighted by molar-refractivity contribution is 7.14. The highest BCUT2D eigenvalue weighted by atomic mass is 32.1. The lowest BCUT2D eigenvalue weighted by Crippen LogP contribution is -2.35. The van der Waals surface area contributed by atoms with Gasteiger partial charge in [0.25, 0.3) is 5.91 Å². The van der Waals surface area contributed by atoms with Crippen molar-refractivity contribution in [2.75, 3.05) is 25.4 Å². The van der Waals surface area contributed by atoms with E-state index in [0.717, 1.165) is 29.3 Å². The molecule has 2 heterocycles. The number of ether oxygens (including phenoxy) is 1. The van der Waals surface area contributed by atoms with Crippen molar-refractivity contribution in [3.63, 3.8) is 0 Å². The van der Waals surface area contributed by atoms with Gasteiger partial charge >= 0.3 is 0 Å². The summed E-state index contributed by atoms with van der Waals surface area (Å²) < 4.78 is 5.53. The summed E-state index contributed by atoms with van der Waals surface area (Å²) >= 11 is 1.47. The predicted octanol–water partition coefficient (Wildman–Crippen LogP) is 1.89. The largest absolute Gasteiger partial charge is 0.398 e. The molecule has 2 N–H and O–H groups in total. The van der Waals surface area contributed by atoms with Crippen LogP contribution in [0.4, 0.5) is 5.69 Å². The molecule has 0 spiro atoms. The van der Waals surface area contributed by atoms with E-state index in [0.29, 0.717) is 12.2 Å². The third-order valence-corrected chi connectivity index (χ3v) is 3.96. The van der Waals surface area contributed by atoms with Crippen LogP contribution in [0.5, 0.6) is 0 Å². The first kappa shape index (κ1) is 12.4. The maximum Gasteiger partial charge on any atom is 0.264 e. The molecule has 0 bridgehead atoms. The topological polar surface area (TPSA) is 55.6 Å². The average molecular weight is 254 g/mol. The van der Waals surface area contributed by atoms with E-state index in [1.54, 1.807) is 6.07 Å². The number of nitrogens with zero attached hydrogens (tertiary/aromatic N) is 1. The van der Waals surface area contributed by atoms with Gasteiger partial charge in [0.1, 0.15) is 0 Å². The van der Waals surface area contributed by atoms with Gasteiger partial charge in [-0.3, -0.25) is 4.79 Å². The molecule has 0 saturated carbocycles. The fraction of sp³-hybridized carbons (Fsp3) is 0.583. The molecule has 0 aliphatic carbocycles. The van der Waals surface area contributed by atoms with Crippen molar-refractivity contribution in [3.8, 4) is 0 Å². The lowest BCUT2D eigenvalue weighted by atomic mass is 10.3. The molecule has 94 valence electrons. The van der Waals surface area contributed by atoms with E-state index in [1.807, 2.05) is 18.7 Å². The summed E-state index contributed by atoms with van der Waals surface area (Å²) in [6.07, 6.45) is 1.01. The molecule has 1 aromatic rings. The second kappa shape index (κ2) is 5.06. The second-order valence-corrected chi connectivity index (χ2v) is 5.66. The van der Waals surface area contributed by atoms with Crippen LogP contribution in [-0.2, 0) is 4.74 Å². The van der Waals surface area contributed by atoms with E-state index < -0.39 is 0 Å². The van der Waals surface area contributed by atoms with Crippen LogP contribution >= 0.6 is 11.3 Å². The fourth-order valence-corrected chi connectivity index (χ4v) is 2.85. The number of rotatable bonds is 1. The quantitative estimate of drug-likeness (QED) is 0.832. The molecule has 0 radical (unpaired) electrons. The third kappa shape index (κ3) is 2.79. The number of amides is 1. The van der Waals surface area contributed by atoms with Crippen LogP contribution in [-0.4, -0.2) is 36.6 Å². The van der Waals surface area contributed by atoms with E-state index in [2.05, 4.69) is 0 Å². The van der Waals surface area contributed by atoms with Gasteiger partial charge in [-0.25, -0.2) is 0 Å². The SMILES string of the molecule is Cc1sc(C(=O)N2CCCOC(C)C2)cc1N. The molecule has 4 nitrogen and oxygen atoms in total. The van der Waals surface area contributed by atoms with Gasteiger partial charge in [0.2, 0.25) is 0 Å². The normalized spacial score (nSPS) is 21.3. The minimum absolute atomic E-state index is 0.0761. The molecule has 17 heavy (non-hydrogen) atoms. The van der Waals surface area contributed by atoms with Gasteiger partial charge in [0.05, 0.1) is 11.0 Å². The van der Waals surface area contributed by atoms with Crippen molar-refractivity contribution in [1.82, 2.24) is 4.90 Å². The Bertz CT molecular complexity index is 397. The Morgan fingerprint density at radius 2 is 2.41 bits per heavy atom. The van der Waals surface area contributed by atoms with Crippen LogP contribution in [0.3, 0.4) is 0 Å². The Kier molecular flexibility index (Phi) is 3.69. The van der Waals surface area contributed by atoms with Crippen molar-refractivity contribution in [3.05, 3.63) is 15.8 Å². The maximum absolute atomic E-state index is 12.3. The average Bonchev–Trinajstić information content (AvgIpc) is 2.51. The summed E-state index contributed by atoms with van der Waals surface area (Å²) in [6, 6.07) is 1.78. The first-order chi connectivity index (χ1) is 8.08. The molecule has 1 aliphatic heterocycles. The van der Waals surface area contributed by atoms with Crippen molar-refractivity contribution < 1.29 is 9.53 Å². The van der Waals surface area contributed by atoms with Crippen LogP contribution in [0, 0.1) is 6.92 Å². The van der Waals surface area contributed by atoms with Gasteiger partial charge in [0.15, 0.2) is 0 Å². The molecule has 1 amide bonds. The summed E-state index contributed by atoms with van der Waals surface area (Å²) in [7, 11) is 0. The second-order valence-electron chi connectivity index (χ2n) is 4.41. The summed E-state index contributed by atoms with van der Waals surface area (Å²) in [5.41, 5.74) is 6.49. The van der Waals surface area contributed by atoms with E-state index in [-0.39, 0.29) is 12.0 Å². The molecule has 1 fully saturated rings. The molecule has 1 atom stereocenters. The van der Waals surface area contributed by atoms with Gasteiger partial charge in [-0.2, -0.15) is 0 Å². The zero-order valence-electron chi connectivity index (χ0n) is 10.2. The summed E-state index contributed by atoms with van der Waals surface area (Å²) in [6.45, 7) is 6.09. The number of aryl methyl sites for hydroxylation is 1. The van der Waals surface area contributed by atoms with Crippen LogP contribution < -0.4 is 5.73 Å². The van der Waals surface area contributed by atoms with Crippen molar-refractivity contribution >= 4 is 22.9 Å². The zero-order valence-corrected chi connectivity index (χ0v) is 11.0. The molecule has 1 unspecified atom stereocenters. The van der Waals surface area contributed by atoms with Crippen LogP contribution in [0.25, 0.3) is 0 Å². The summed E-state index contributed by atoms with van der Waals surface area (Å²) in [4.78, 5) is 15.9. The number of hydrogen-bond acceptors (Lipinski definition) is 4. The van der Waals surface area contributed by atoms with Gasteiger partial charge in [-0.15, -0.1) is 11.3 Å². The Labute approximate surface area is 105 Å². The van der Waals surface area contributed by atoms with Crippen LogP contribution in [0.15, 0.2) is 6.07 Å². The number of nitrogens with two attached hydrogens (primary N) is 1. The fourth-order valence-electron chi connectivity index (χ4n) is 1.94. The number of carbonyl (C=O) groups is 1. The number of hydrogen-bond donors (Lipinski definition) is 1. The first-order valence-corrected chi connectivity index (χ1v) is 6.66. The highest BCUT2D eigenvalue weighted by Gasteiger charge is 2.22. The predicted molar refractivity (Wildman–Crippen MR) is 69.4 cm³/mol. The third-order valence-electron chi connectivity index (χ3n) is 2.91. The smallest absolute Gasteiger partial charge is 0.264 e. The van der Waals surface area contributed by atoms with Crippen molar-refractivity contribution in [2.24, 2.45) is 0 Å². The minimum atomic E-state index is 0.0761.